The molecule has 0 fully saturated rings. The number of rotatable bonds is 10. The van der Waals surface area contributed by atoms with Gasteiger partial charge < -0.3 is 14.8 Å². The van der Waals surface area contributed by atoms with E-state index in [0.717, 1.165) is 12.2 Å². The number of hydrogen-bond donors (Lipinski definition) is 1. The van der Waals surface area contributed by atoms with E-state index in [1.165, 1.54) is 0 Å². The molecule has 4 nitrogen and oxygen atoms in total. The van der Waals surface area contributed by atoms with Gasteiger partial charge in [-0.3, -0.25) is 4.79 Å². The fraction of sp³-hybridized carbons (Fsp3) is 0.923. The molecule has 1 N–H and O–H groups in total. The Balaban J connectivity index is 3.19. The van der Waals surface area contributed by atoms with Crippen LogP contribution in [0.1, 0.15) is 34.1 Å². The molecule has 0 aromatic rings. The van der Waals surface area contributed by atoms with Gasteiger partial charge in [0.1, 0.15) is 0 Å². The number of nitrogens with one attached hydrogen (secondary N) is 1. The van der Waals surface area contributed by atoms with E-state index in [2.05, 4.69) is 5.32 Å². The van der Waals surface area contributed by atoms with E-state index in [-0.39, 0.29) is 11.5 Å². The van der Waals surface area contributed by atoms with Gasteiger partial charge in [0.15, 0.2) is 0 Å². The maximum absolute atomic E-state index is 11.3. The molecule has 1 amide bonds. The van der Waals surface area contributed by atoms with Gasteiger partial charge in [-0.15, -0.1) is 0 Å². The van der Waals surface area contributed by atoms with Crippen LogP contribution in [0, 0.1) is 0 Å². The van der Waals surface area contributed by atoms with Crippen molar-refractivity contribution in [3.63, 3.8) is 0 Å². The number of amides is 1. The molecule has 0 atom stereocenters. The van der Waals surface area contributed by atoms with Crippen molar-refractivity contribution in [2.75, 3.05) is 37.9 Å². The van der Waals surface area contributed by atoms with Crippen LogP contribution >= 0.6 is 11.8 Å². The molecule has 0 unspecified atom stereocenters. The fourth-order valence-electron chi connectivity index (χ4n) is 1.16. The second kappa shape index (κ2) is 10.6. The summed E-state index contributed by atoms with van der Waals surface area (Å²) in [5.41, 5.74) is -0.103. The number of ether oxygens (including phenoxy) is 2. The molecule has 0 aromatic heterocycles. The largest absolute Gasteiger partial charge is 0.379 e. The molecular weight excluding hydrogens is 250 g/mol. The second-order valence-electron chi connectivity index (χ2n) is 4.91. The van der Waals surface area contributed by atoms with Gasteiger partial charge in [-0.1, -0.05) is 6.92 Å². The van der Waals surface area contributed by atoms with Crippen molar-refractivity contribution in [2.24, 2.45) is 0 Å². The minimum atomic E-state index is -0.103. The molecule has 0 spiro atoms. The molecule has 0 aliphatic rings. The third kappa shape index (κ3) is 13.8. The number of hydrogen-bond acceptors (Lipinski definition) is 4. The third-order valence-corrected chi connectivity index (χ3v) is 2.86. The molecule has 0 aliphatic heterocycles. The maximum Gasteiger partial charge on any atom is 0.229 e. The molecule has 5 heteroatoms. The van der Waals surface area contributed by atoms with Gasteiger partial charge in [-0.2, -0.15) is 11.8 Å². The van der Waals surface area contributed by atoms with Crippen LogP contribution in [0.2, 0.25) is 0 Å². The summed E-state index contributed by atoms with van der Waals surface area (Å²) in [5.74, 6) is 1.64. The van der Waals surface area contributed by atoms with Crippen LogP contribution in [0.5, 0.6) is 0 Å². The van der Waals surface area contributed by atoms with Crippen molar-refractivity contribution in [3.05, 3.63) is 0 Å². The van der Waals surface area contributed by atoms with E-state index in [0.29, 0.717) is 32.1 Å². The summed E-state index contributed by atoms with van der Waals surface area (Å²) in [6.45, 7) is 10.7. The molecule has 108 valence electrons. The Kier molecular flexibility index (Phi) is 10.5. The summed E-state index contributed by atoms with van der Waals surface area (Å²) in [7, 11) is 0. The summed E-state index contributed by atoms with van der Waals surface area (Å²) in [5, 5.41) is 2.86. The monoisotopic (exact) mass is 277 g/mol. The van der Waals surface area contributed by atoms with Crippen molar-refractivity contribution in [2.45, 2.75) is 39.7 Å². The van der Waals surface area contributed by atoms with E-state index in [9.17, 15) is 4.79 Å². The Morgan fingerprint density at radius 3 is 2.56 bits per heavy atom. The first-order valence-electron chi connectivity index (χ1n) is 6.52. The zero-order valence-electron chi connectivity index (χ0n) is 12.1. The van der Waals surface area contributed by atoms with E-state index < -0.39 is 0 Å². The van der Waals surface area contributed by atoms with Crippen molar-refractivity contribution < 1.29 is 14.3 Å². The van der Waals surface area contributed by atoms with Crippen molar-refractivity contribution in [1.29, 1.82) is 0 Å². The Morgan fingerprint density at radius 1 is 1.22 bits per heavy atom. The Morgan fingerprint density at radius 2 is 1.94 bits per heavy atom. The van der Waals surface area contributed by atoms with Gasteiger partial charge in [-0.25, -0.2) is 0 Å². The Labute approximate surface area is 115 Å². The van der Waals surface area contributed by atoms with Crippen molar-refractivity contribution >= 4 is 17.7 Å². The lowest BCUT2D eigenvalue weighted by Gasteiger charge is -2.19. The number of carbonyl (C=O) groups excluding carboxylic acids is 1. The highest BCUT2D eigenvalue weighted by Crippen LogP contribution is 2.05. The molecule has 18 heavy (non-hydrogen) atoms. The van der Waals surface area contributed by atoms with E-state index in [4.69, 9.17) is 9.47 Å². The first kappa shape index (κ1) is 17.7. The average Bonchev–Trinajstić information content (AvgIpc) is 2.28. The quantitative estimate of drug-likeness (QED) is 0.621. The average molecular weight is 277 g/mol. The standard InChI is InChI=1S/C13H27NO3S/c1-5-18-11-12(15)14-7-6-8-16-9-10-17-13(2,3)4/h5-11H2,1-4H3,(H,14,15). The van der Waals surface area contributed by atoms with Crippen LogP contribution in [0.4, 0.5) is 0 Å². The summed E-state index contributed by atoms with van der Waals surface area (Å²) in [4.78, 5) is 11.3. The van der Waals surface area contributed by atoms with Crippen LogP contribution in [0.25, 0.3) is 0 Å². The van der Waals surface area contributed by atoms with Crippen LogP contribution in [-0.4, -0.2) is 49.4 Å². The smallest absolute Gasteiger partial charge is 0.229 e. The zero-order valence-corrected chi connectivity index (χ0v) is 12.9. The van der Waals surface area contributed by atoms with Gasteiger partial charge in [-0.05, 0) is 32.9 Å². The molecule has 0 aromatic carbocycles. The number of carbonyl (C=O) groups is 1. The molecule has 0 radical (unpaired) electrons. The van der Waals surface area contributed by atoms with Crippen LogP contribution in [0.3, 0.4) is 0 Å². The first-order valence-corrected chi connectivity index (χ1v) is 7.67. The van der Waals surface area contributed by atoms with Crippen molar-refractivity contribution in [3.8, 4) is 0 Å². The van der Waals surface area contributed by atoms with Gasteiger partial charge in [0.05, 0.1) is 24.6 Å². The van der Waals surface area contributed by atoms with Crippen LogP contribution in [-0.2, 0) is 14.3 Å². The summed E-state index contributed by atoms with van der Waals surface area (Å²) >= 11 is 1.63. The van der Waals surface area contributed by atoms with Gasteiger partial charge >= 0.3 is 0 Å². The second-order valence-corrected chi connectivity index (χ2v) is 6.19. The van der Waals surface area contributed by atoms with Crippen molar-refractivity contribution in [1.82, 2.24) is 5.32 Å². The summed E-state index contributed by atoms with van der Waals surface area (Å²) in [6.07, 6.45) is 0.845. The lowest BCUT2D eigenvalue weighted by atomic mass is 10.2. The Hall–Kier alpha value is -0.260. The molecule has 0 saturated heterocycles. The topological polar surface area (TPSA) is 47.6 Å². The fourth-order valence-corrected chi connectivity index (χ4v) is 1.65. The normalized spacial score (nSPS) is 11.6. The molecule has 0 heterocycles. The van der Waals surface area contributed by atoms with E-state index in [1.807, 2.05) is 27.7 Å². The SMILES string of the molecule is CCSCC(=O)NCCCOCCOC(C)(C)C. The molecule has 0 saturated carbocycles. The molecule has 0 rings (SSSR count). The van der Waals surface area contributed by atoms with Crippen LogP contribution in [0.15, 0.2) is 0 Å². The molecular formula is C13H27NO3S. The van der Waals surface area contributed by atoms with E-state index >= 15 is 0 Å². The van der Waals surface area contributed by atoms with Gasteiger partial charge in [0.2, 0.25) is 5.91 Å². The highest BCUT2D eigenvalue weighted by Gasteiger charge is 2.08. The number of thioether (sulfide) groups is 1. The van der Waals surface area contributed by atoms with Crippen LogP contribution < -0.4 is 5.32 Å². The predicted molar refractivity (Wildman–Crippen MR) is 77.1 cm³/mol. The highest BCUT2D eigenvalue weighted by molar-refractivity contribution is 7.99. The van der Waals surface area contributed by atoms with Gasteiger partial charge in [0, 0.05) is 13.2 Å². The summed E-state index contributed by atoms with van der Waals surface area (Å²) in [6, 6.07) is 0. The lowest BCUT2D eigenvalue weighted by molar-refractivity contribution is -0.118. The van der Waals surface area contributed by atoms with E-state index in [1.54, 1.807) is 11.8 Å². The van der Waals surface area contributed by atoms with Gasteiger partial charge in [0.25, 0.3) is 0 Å². The minimum absolute atomic E-state index is 0.103. The minimum Gasteiger partial charge on any atom is -0.379 e. The summed E-state index contributed by atoms with van der Waals surface area (Å²) < 4.78 is 10.9. The maximum atomic E-state index is 11.3. The first-order chi connectivity index (χ1) is 8.45. The highest BCUT2D eigenvalue weighted by atomic mass is 32.2. The predicted octanol–water partition coefficient (Wildman–Crippen LogP) is 2.08. The Bertz CT molecular complexity index is 217. The molecule has 0 aliphatic carbocycles. The molecule has 0 bridgehead atoms. The lowest BCUT2D eigenvalue weighted by Crippen LogP contribution is -2.27. The third-order valence-electron chi connectivity index (χ3n) is 1.99. The zero-order chi connectivity index (χ0) is 13.9.